The lowest BCUT2D eigenvalue weighted by Gasteiger charge is -2.44. The van der Waals surface area contributed by atoms with Crippen LogP contribution in [0.1, 0.15) is 37.7 Å². The average Bonchev–Trinajstić information content (AvgIpc) is 3.10. The van der Waals surface area contributed by atoms with Crippen LogP contribution >= 0.6 is 0 Å². The maximum Gasteiger partial charge on any atom is 0.236 e. The number of piperazine rings is 1. The van der Waals surface area contributed by atoms with Gasteiger partial charge in [-0.2, -0.15) is 0 Å². The van der Waals surface area contributed by atoms with Gasteiger partial charge in [0, 0.05) is 57.5 Å². The van der Waals surface area contributed by atoms with Gasteiger partial charge in [-0.05, 0) is 50.3 Å². The van der Waals surface area contributed by atoms with E-state index in [1.54, 1.807) is 0 Å². The van der Waals surface area contributed by atoms with Crippen LogP contribution in [0, 0.1) is 12.3 Å². The SMILES string of the molecule is CO[C@@H]1CCC[C@@]12CCCN(C(=O)CN1CCN(c3cccc(C)c3)CC1)C2. The largest absolute Gasteiger partial charge is 0.381 e. The summed E-state index contributed by atoms with van der Waals surface area (Å²) < 4.78 is 5.79. The smallest absolute Gasteiger partial charge is 0.236 e. The second-order valence-corrected chi connectivity index (χ2v) is 9.00. The Kier molecular flexibility index (Phi) is 5.93. The van der Waals surface area contributed by atoms with Crippen molar-refractivity contribution in [2.45, 2.75) is 45.1 Å². The molecule has 0 N–H and O–H groups in total. The maximum atomic E-state index is 13.0. The van der Waals surface area contributed by atoms with Crippen molar-refractivity contribution >= 4 is 11.6 Å². The molecule has 3 fully saturated rings. The lowest BCUT2D eigenvalue weighted by atomic mass is 9.76. The van der Waals surface area contributed by atoms with Gasteiger partial charge in [0.15, 0.2) is 0 Å². The van der Waals surface area contributed by atoms with Crippen LogP contribution in [0.25, 0.3) is 0 Å². The minimum Gasteiger partial charge on any atom is -0.381 e. The fourth-order valence-corrected chi connectivity index (χ4v) is 5.59. The van der Waals surface area contributed by atoms with Crippen molar-refractivity contribution in [3.05, 3.63) is 29.8 Å². The van der Waals surface area contributed by atoms with E-state index in [1.165, 1.54) is 30.5 Å². The molecule has 2 heterocycles. The summed E-state index contributed by atoms with van der Waals surface area (Å²) in [5, 5.41) is 0. The molecule has 2 saturated heterocycles. The van der Waals surface area contributed by atoms with E-state index in [9.17, 15) is 4.79 Å². The second-order valence-electron chi connectivity index (χ2n) is 9.00. The van der Waals surface area contributed by atoms with Crippen LogP contribution in [0.5, 0.6) is 0 Å². The summed E-state index contributed by atoms with van der Waals surface area (Å²) in [6.45, 7) is 8.42. The minimum atomic E-state index is 0.215. The molecule has 1 saturated carbocycles. The molecule has 4 rings (SSSR count). The molecule has 2 aliphatic heterocycles. The molecule has 0 aromatic heterocycles. The van der Waals surface area contributed by atoms with Crippen molar-refractivity contribution in [3.63, 3.8) is 0 Å². The Morgan fingerprint density at radius 2 is 1.93 bits per heavy atom. The highest BCUT2D eigenvalue weighted by molar-refractivity contribution is 5.78. The number of hydrogen-bond acceptors (Lipinski definition) is 4. The Balaban J connectivity index is 1.30. The summed E-state index contributed by atoms with van der Waals surface area (Å²) in [4.78, 5) is 19.9. The molecule has 28 heavy (non-hydrogen) atoms. The molecule has 0 bridgehead atoms. The predicted molar refractivity (Wildman–Crippen MR) is 113 cm³/mol. The first-order valence-corrected chi connectivity index (χ1v) is 10.9. The number of nitrogens with zero attached hydrogens (tertiary/aromatic N) is 3. The lowest BCUT2D eigenvalue weighted by molar-refractivity contribution is -0.138. The molecule has 1 aliphatic carbocycles. The first kappa shape index (κ1) is 19.7. The number of amides is 1. The number of carbonyl (C=O) groups is 1. The molecule has 0 radical (unpaired) electrons. The molecule has 154 valence electrons. The molecule has 2 atom stereocenters. The fraction of sp³-hybridized carbons (Fsp3) is 0.696. The van der Waals surface area contributed by atoms with E-state index in [4.69, 9.17) is 4.74 Å². The van der Waals surface area contributed by atoms with Gasteiger partial charge >= 0.3 is 0 Å². The molecule has 1 spiro atoms. The molecular formula is C23H35N3O2. The normalized spacial score (nSPS) is 28.9. The van der Waals surface area contributed by atoms with E-state index in [-0.39, 0.29) is 5.41 Å². The number of rotatable bonds is 4. The van der Waals surface area contributed by atoms with Gasteiger partial charge in [0.05, 0.1) is 12.6 Å². The van der Waals surface area contributed by atoms with Gasteiger partial charge in [-0.25, -0.2) is 0 Å². The Morgan fingerprint density at radius 3 is 2.68 bits per heavy atom. The van der Waals surface area contributed by atoms with Gasteiger partial charge in [0.2, 0.25) is 5.91 Å². The number of methoxy groups -OCH3 is 1. The lowest BCUT2D eigenvalue weighted by Crippen LogP contribution is -2.54. The van der Waals surface area contributed by atoms with Crippen molar-refractivity contribution in [1.29, 1.82) is 0 Å². The molecule has 1 aromatic rings. The van der Waals surface area contributed by atoms with E-state index in [0.717, 1.165) is 52.1 Å². The van der Waals surface area contributed by atoms with Gasteiger partial charge in [-0.15, -0.1) is 0 Å². The van der Waals surface area contributed by atoms with E-state index in [2.05, 4.69) is 45.9 Å². The van der Waals surface area contributed by atoms with Crippen LogP contribution in [-0.4, -0.2) is 74.7 Å². The van der Waals surface area contributed by atoms with Crippen LogP contribution in [0.4, 0.5) is 5.69 Å². The van der Waals surface area contributed by atoms with Crippen molar-refractivity contribution in [2.24, 2.45) is 5.41 Å². The standard InChI is InChI=1S/C23H35N3O2/c1-19-6-3-7-20(16-19)25-14-12-24(13-15-25)17-22(27)26-11-5-10-23(18-26)9-4-8-21(23)28-2/h3,6-7,16,21H,4-5,8-15,17-18H2,1-2H3/t21-,23+/m1/s1. The molecule has 3 aliphatic rings. The highest BCUT2D eigenvalue weighted by atomic mass is 16.5. The number of likely N-dealkylation sites (tertiary alicyclic amines) is 1. The molecule has 0 unspecified atom stereocenters. The van der Waals surface area contributed by atoms with E-state index < -0.39 is 0 Å². The number of hydrogen-bond donors (Lipinski definition) is 0. The summed E-state index contributed by atoms with van der Waals surface area (Å²) in [5.41, 5.74) is 2.82. The Bertz CT molecular complexity index is 686. The van der Waals surface area contributed by atoms with E-state index in [0.29, 0.717) is 18.6 Å². The van der Waals surface area contributed by atoms with Crippen molar-refractivity contribution in [1.82, 2.24) is 9.80 Å². The first-order chi connectivity index (χ1) is 13.6. The quantitative estimate of drug-likeness (QED) is 0.798. The monoisotopic (exact) mass is 385 g/mol. The topological polar surface area (TPSA) is 36.0 Å². The number of ether oxygens (including phenoxy) is 1. The zero-order chi connectivity index (χ0) is 19.6. The van der Waals surface area contributed by atoms with Gasteiger partial charge in [-0.3, -0.25) is 9.69 Å². The Labute approximate surface area is 169 Å². The third-order valence-corrected chi connectivity index (χ3v) is 7.17. The third-order valence-electron chi connectivity index (χ3n) is 7.17. The van der Waals surface area contributed by atoms with Crippen molar-refractivity contribution < 1.29 is 9.53 Å². The zero-order valence-electron chi connectivity index (χ0n) is 17.5. The fourth-order valence-electron chi connectivity index (χ4n) is 5.59. The number of anilines is 1. The van der Waals surface area contributed by atoms with Crippen LogP contribution in [0.15, 0.2) is 24.3 Å². The highest BCUT2D eigenvalue weighted by Crippen LogP contribution is 2.46. The number of aryl methyl sites for hydroxylation is 1. The number of benzene rings is 1. The van der Waals surface area contributed by atoms with Crippen LogP contribution in [0.3, 0.4) is 0 Å². The van der Waals surface area contributed by atoms with Gasteiger partial charge < -0.3 is 14.5 Å². The van der Waals surface area contributed by atoms with Gasteiger partial charge in [-0.1, -0.05) is 18.6 Å². The van der Waals surface area contributed by atoms with Crippen molar-refractivity contribution in [2.75, 3.05) is 57.8 Å². The van der Waals surface area contributed by atoms with Gasteiger partial charge in [0.1, 0.15) is 0 Å². The van der Waals surface area contributed by atoms with E-state index in [1.807, 2.05) is 7.11 Å². The van der Waals surface area contributed by atoms with Crippen LogP contribution < -0.4 is 4.90 Å². The van der Waals surface area contributed by atoms with Gasteiger partial charge in [0.25, 0.3) is 0 Å². The minimum absolute atomic E-state index is 0.215. The predicted octanol–water partition coefficient (Wildman–Crippen LogP) is 2.92. The molecular weight excluding hydrogens is 350 g/mol. The van der Waals surface area contributed by atoms with Crippen molar-refractivity contribution in [3.8, 4) is 0 Å². The highest BCUT2D eigenvalue weighted by Gasteiger charge is 2.46. The zero-order valence-corrected chi connectivity index (χ0v) is 17.5. The summed E-state index contributed by atoms with van der Waals surface area (Å²) in [5.74, 6) is 0.310. The van der Waals surface area contributed by atoms with E-state index >= 15 is 0 Å². The molecule has 1 amide bonds. The average molecular weight is 386 g/mol. The third kappa shape index (κ3) is 4.06. The van der Waals surface area contributed by atoms with Crippen LogP contribution in [0.2, 0.25) is 0 Å². The summed E-state index contributed by atoms with van der Waals surface area (Å²) in [7, 11) is 1.84. The Hall–Kier alpha value is -1.59. The Morgan fingerprint density at radius 1 is 1.14 bits per heavy atom. The summed E-state index contributed by atoms with van der Waals surface area (Å²) in [6, 6.07) is 8.71. The number of piperidine rings is 1. The summed E-state index contributed by atoms with van der Waals surface area (Å²) >= 11 is 0. The van der Waals surface area contributed by atoms with Crippen LogP contribution in [-0.2, 0) is 9.53 Å². The number of carbonyl (C=O) groups excluding carboxylic acids is 1. The molecule has 1 aromatic carbocycles. The molecule has 5 heteroatoms. The second kappa shape index (κ2) is 8.42. The maximum absolute atomic E-state index is 13.0. The first-order valence-electron chi connectivity index (χ1n) is 10.9. The molecule has 5 nitrogen and oxygen atoms in total. The summed E-state index contributed by atoms with van der Waals surface area (Å²) in [6.07, 6.45) is 6.27.